The van der Waals surface area contributed by atoms with Gasteiger partial charge in [-0.2, -0.15) is 0 Å². The first-order valence-corrected chi connectivity index (χ1v) is 15.8. The second kappa shape index (κ2) is 14.6. The van der Waals surface area contributed by atoms with Gasteiger partial charge < -0.3 is 28.8 Å². The zero-order valence-corrected chi connectivity index (χ0v) is 28.3. The molecule has 0 saturated carbocycles. The molecule has 1 aliphatic rings. The van der Waals surface area contributed by atoms with Gasteiger partial charge in [0.2, 0.25) is 5.89 Å². The highest BCUT2D eigenvalue weighted by Gasteiger charge is 2.35. The third-order valence-electron chi connectivity index (χ3n) is 7.10. The van der Waals surface area contributed by atoms with E-state index in [2.05, 4.69) is 37.8 Å². The number of amides is 2. The van der Waals surface area contributed by atoms with Crippen LogP contribution in [-0.2, 0) is 16.0 Å². The van der Waals surface area contributed by atoms with E-state index in [1.54, 1.807) is 28.4 Å². The number of ether oxygens (including phenoxy) is 2. The molecule has 2 amide bonds. The molecule has 0 spiro atoms. The average molecular weight is 644 g/mol. The minimum absolute atomic E-state index is 0.161. The van der Waals surface area contributed by atoms with Gasteiger partial charge in [-0.25, -0.2) is 24.5 Å². The van der Waals surface area contributed by atoms with E-state index < -0.39 is 11.2 Å². The number of aromatic amines is 2. The van der Waals surface area contributed by atoms with Crippen molar-refractivity contribution in [3.63, 3.8) is 0 Å². The average Bonchev–Trinajstić information content (AvgIpc) is 3.83. The molecule has 1 saturated heterocycles. The summed E-state index contributed by atoms with van der Waals surface area (Å²) in [6, 6.07) is 7.74. The number of benzene rings is 1. The molecule has 4 aromatic rings. The summed E-state index contributed by atoms with van der Waals surface area (Å²) >= 11 is 0. The van der Waals surface area contributed by atoms with Crippen LogP contribution in [0.5, 0.6) is 0 Å². The number of aromatic nitrogens is 5. The topological polar surface area (TPSA) is 142 Å². The van der Waals surface area contributed by atoms with Gasteiger partial charge in [0.15, 0.2) is 5.76 Å². The molecule has 47 heavy (non-hydrogen) atoms. The number of nitrogens with zero attached hydrogens (tertiary/aromatic N) is 5. The van der Waals surface area contributed by atoms with E-state index in [9.17, 15) is 9.59 Å². The number of likely N-dealkylation sites (tertiary alicyclic amines) is 1. The molecule has 0 bridgehead atoms. The van der Waals surface area contributed by atoms with Crippen molar-refractivity contribution in [2.75, 3.05) is 13.1 Å². The Kier molecular flexibility index (Phi) is 10.8. The van der Waals surface area contributed by atoms with E-state index in [0.29, 0.717) is 36.3 Å². The molecule has 2 N–H and O–H groups in total. The molecule has 4 heterocycles. The molecular weight excluding hydrogens is 598 g/mol. The van der Waals surface area contributed by atoms with E-state index in [4.69, 9.17) is 13.9 Å². The Hall–Kier alpha value is -5.05. The summed E-state index contributed by atoms with van der Waals surface area (Å²) in [4.78, 5) is 49.0. The van der Waals surface area contributed by atoms with Crippen LogP contribution in [0.15, 0.2) is 47.3 Å². The van der Waals surface area contributed by atoms with Crippen molar-refractivity contribution < 1.29 is 23.5 Å². The predicted molar refractivity (Wildman–Crippen MR) is 179 cm³/mol. The molecule has 12 nitrogen and oxygen atoms in total. The lowest BCUT2D eigenvalue weighted by atomic mass is 10.1. The number of hydrogen-bond acceptors (Lipinski definition) is 8. The highest BCUT2D eigenvalue weighted by Crippen LogP contribution is 2.34. The van der Waals surface area contributed by atoms with Gasteiger partial charge in [0.25, 0.3) is 0 Å². The number of H-pyrrole nitrogens is 2. The number of terminal acetylenes is 1. The largest absolute Gasteiger partial charge is 0.444 e. The lowest BCUT2D eigenvalue weighted by molar-refractivity contribution is 0.0212. The number of oxazole rings is 1. The smallest absolute Gasteiger partial charge is 0.410 e. The SMILES string of the molecule is C#C.CCCN(Cc1ncc(-c2ncc(-c3cccc(-c4cnc([C@@H]5CCCN5C(=O)OC(C)(C)C)[nH]4)c3)o2)[nH]1)C(=O)OC(C)(C)C. The molecule has 1 fully saturated rings. The van der Waals surface area contributed by atoms with Gasteiger partial charge in [0.05, 0.1) is 36.9 Å². The van der Waals surface area contributed by atoms with E-state index in [0.717, 1.165) is 41.9 Å². The summed E-state index contributed by atoms with van der Waals surface area (Å²) in [6.45, 7) is 14.6. The molecule has 5 rings (SSSR count). The van der Waals surface area contributed by atoms with Gasteiger partial charge in [-0.3, -0.25) is 4.90 Å². The van der Waals surface area contributed by atoms with Crippen LogP contribution in [-0.4, -0.2) is 71.2 Å². The highest BCUT2D eigenvalue weighted by atomic mass is 16.6. The lowest BCUT2D eigenvalue weighted by Gasteiger charge is -2.27. The summed E-state index contributed by atoms with van der Waals surface area (Å²) < 4.78 is 17.3. The fourth-order valence-corrected chi connectivity index (χ4v) is 5.18. The van der Waals surface area contributed by atoms with Crippen molar-refractivity contribution >= 4 is 12.2 Å². The molecule has 3 aromatic heterocycles. The van der Waals surface area contributed by atoms with Gasteiger partial charge in [-0.05, 0) is 66.9 Å². The maximum Gasteiger partial charge on any atom is 0.410 e. The zero-order valence-electron chi connectivity index (χ0n) is 28.3. The molecule has 1 atom stereocenters. The van der Waals surface area contributed by atoms with Crippen molar-refractivity contribution in [1.82, 2.24) is 34.7 Å². The summed E-state index contributed by atoms with van der Waals surface area (Å²) in [5.41, 5.74) is 2.07. The van der Waals surface area contributed by atoms with Crippen LogP contribution in [0.4, 0.5) is 9.59 Å². The summed E-state index contributed by atoms with van der Waals surface area (Å²) in [6.07, 6.45) is 14.9. The number of hydrogen-bond donors (Lipinski definition) is 2. The lowest BCUT2D eigenvalue weighted by Crippen LogP contribution is -2.37. The third kappa shape index (κ3) is 9.03. The Balaban J connectivity index is 0.00000245. The first-order valence-electron chi connectivity index (χ1n) is 15.8. The molecule has 12 heteroatoms. The minimum atomic E-state index is -0.582. The maximum absolute atomic E-state index is 12.8. The van der Waals surface area contributed by atoms with E-state index in [-0.39, 0.29) is 24.8 Å². The number of nitrogens with one attached hydrogen (secondary N) is 2. The molecule has 0 unspecified atom stereocenters. The quantitative estimate of drug-likeness (QED) is 0.187. The first-order chi connectivity index (χ1) is 22.3. The molecule has 1 aliphatic heterocycles. The molecule has 0 radical (unpaired) electrons. The third-order valence-corrected chi connectivity index (χ3v) is 7.10. The van der Waals surface area contributed by atoms with Crippen LogP contribution in [0.2, 0.25) is 0 Å². The second-order valence-electron chi connectivity index (χ2n) is 13.3. The van der Waals surface area contributed by atoms with Gasteiger partial charge in [0.1, 0.15) is 28.5 Å². The van der Waals surface area contributed by atoms with E-state index in [1.165, 1.54) is 0 Å². The Bertz CT molecular complexity index is 1670. The fourth-order valence-electron chi connectivity index (χ4n) is 5.18. The fraction of sp³-hybridized carbons (Fsp3) is 0.457. The van der Waals surface area contributed by atoms with E-state index >= 15 is 0 Å². The molecular formula is C35H45N7O5. The Morgan fingerprint density at radius 2 is 1.68 bits per heavy atom. The number of carbonyl (C=O) groups is 2. The monoisotopic (exact) mass is 643 g/mol. The molecule has 1 aromatic carbocycles. The number of carbonyl (C=O) groups excluding carboxylic acids is 2. The normalized spacial score (nSPS) is 14.7. The Morgan fingerprint density at radius 1 is 0.979 bits per heavy atom. The summed E-state index contributed by atoms with van der Waals surface area (Å²) in [7, 11) is 0. The summed E-state index contributed by atoms with van der Waals surface area (Å²) in [5, 5.41) is 0. The van der Waals surface area contributed by atoms with Crippen molar-refractivity contribution in [3.05, 3.63) is 54.5 Å². The summed E-state index contributed by atoms with van der Waals surface area (Å²) in [5.74, 6) is 2.32. The van der Waals surface area contributed by atoms with Gasteiger partial charge in [0, 0.05) is 24.2 Å². The van der Waals surface area contributed by atoms with Crippen molar-refractivity contribution in [2.45, 2.75) is 91.5 Å². The zero-order chi connectivity index (χ0) is 34.4. The van der Waals surface area contributed by atoms with Crippen LogP contribution in [0.1, 0.15) is 85.4 Å². The number of rotatable bonds is 8. The Labute approximate surface area is 276 Å². The molecule has 250 valence electrons. The van der Waals surface area contributed by atoms with Crippen LogP contribution in [0.3, 0.4) is 0 Å². The second-order valence-corrected chi connectivity index (χ2v) is 13.3. The predicted octanol–water partition coefficient (Wildman–Crippen LogP) is 7.59. The minimum Gasteiger partial charge on any atom is -0.444 e. The van der Waals surface area contributed by atoms with Crippen LogP contribution in [0.25, 0.3) is 34.2 Å². The maximum atomic E-state index is 12.8. The molecule has 0 aliphatic carbocycles. The van der Waals surface area contributed by atoms with Crippen LogP contribution >= 0.6 is 0 Å². The number of imidazole rings is 2. The van der Waals surface area contributed by atoms with Crippen LogP contribution < -0.4 is 0 Å². The van der Waals surface area contributed by atoms with E-state index in [1.807, 2.05) is 72.7 Å². The van der Waals surface area contributed by atoms with Crippen LogP contribution in [0, 0.1) is 12.8 Å². The van der Waals surface area contributed by atoms with Gasteiger partial charge >= 0.3 is 12.2 Å². The Morgan fingerprint density at radius 3 is 2.38 bits per heavy atom. The highest BCUT2D eigenvalue weighted by molar-refractivity contribution is 5.71. The first kappa shape index (κ1) is 34.8. The standard InChI is InChI=1S/C33H43N7O5.C2H2/c1-8-14-39(30(41)44-32(2,3)4)20-27-34-18-24(37-27)29-36-19-26(43-29)22-12-9-11-21(16-22)23-17-35-28(38-23)25-13-10-15-40(25)31(42)45-33(5,6)7;1-2/h9,11-12,16-19,25H,8,10,13-15,20H2,1-7H3,(H,34,37)(H,35,38);1-2H/t25-;/m0./s1. The van der Waals surface area contributed by atoms with Gasteiger partial charge in [-0.15, -0.1) is 12.8 Å². The van der Waals surface area contributed by atoms with Crippen molar-refractivity contribution in [3.8, 4) is 47.0 Å². The van der Waals surface area contributed by atoms with Crippen molar-refractivity contribution in [2.24, 2.45) is 0 Å². The van der Waals surface area contributed by atoms with Crippen molar-refractivity contribution in [1.29, 1.82) is 0 Å². The van der Waals surface area contributed by atoms with Gasteiger partial charge in [-0.1, -0.05) is 25.1 Å².